The summed E-state index contributed by atoms with van der Waals surface area (Å²) in [4.78, 5) is 65.1. The molecule has 40 heteroatoms. The summed E-state index contributed by atoms with van der Waals surface area (Å²) in [6, 6.07) is 31.0. The van der Waals surface area contributed by atoms with Crippen LogP contribution in [0, 0.1) is 84.5 Å². The lowest BCUT2D eigenvalue weighted by Crippen LogP contribution is -2.45. The van der Waals surface area contributed by atoms with Crippen molar-refractivity contribution in [2.24, 2.45) is 14.1 Å². The zero-order valence-electron chi connectivity index (χ0n) is 81.5. The van der Waals surface area contributed by atoms with E-state index < -0.39 is 84.7 Å². The molecule has 6 heterocycles. The highest BCUT2D eigenvalue weighted by Gasteiger charge is 2.37. The number of hydrogen-bond acceptors (Lipinski definition) is 15. The fourth-order valence-electron chi connectivity index (χ4n) is 15.3. The molecule has 2 aliphatic carbocycles. The molecule has 138 heavy (non-hydrogen) atoms. The van der Waals surface area contributed by atoms with Crippen LogP contribution in [0.3, 0.4) is 0 Å². The van der Waals surface area contributed by atoms with Gasteiger partial charge in [0.15, 0.2) is 11.6 Å². The molecule has 1 unspecified atom stereocenters. The molecule has 30 nitrogen and oxygen atoms in total. The van der Waals surface area contributed by atoms with Crippen LogP contribution in [0.5, 0.6) is 0 Å². The molecule has 0 spiro atoms. The average molecular weight is 2010 g/mol. The topological polar surface area (TPSA) is 370 Å². The Labute approximate surface area is 805 Å². The third-order valence-corrected chi connectivity index (χ3v) is 31.5. The predicted octanol–water partition coefficient (Wildman–Crippen LogP) is 14.9. The molecule has 2 saturated carbocycles. The lowest BCUT2D eigenvalue weighted by Gasteiger charge is -2.30. The zero-order valence-corrected chi connectivity index (χ0v) is 85.5. The summed E-state index contributed by atoms with van der Waals surface area (Å²) in [6.07, 6.45) is 15.6. The second-order valence-electron chi connectivity index (χ2n) is 35.9. The van der Waals surface area contributed by atoms with Gasteiger partial charge in [-0.1, -0.05) is 103 Å². The summed E-state index contributed by atoms with van der Waals surface area (Å²) < 4.78 is 221. The van der Waals surface area contributed by atoms with Crippen molar-refractivity contribution in [1.29, 1.82) is 0 Å². The minimum absolute atomic E-state index is 0.00446. The van der Waals surface area contributed by atoms with Gasteiger partial charge in [0.2, 0.25) is 10.0 Å². The van der Waals surface area contributed by atoms with E-state index in [1.54, 1.807) is 130 Å². The van der Waals surface area contributed by atoms with Crippen LogP contribution in [-0.4, -0.2) is 147 Å². The van der Waals surface area contributed by atoms with Gasteiger partial charge < -0.3 is 23.3 Å². The first-order valence-corrected chi connectivity index (χ1v) is 51.7. The first-order chi connectivity index (χ1) is 64.3. The molecule has 0 saturated heterocycles. The lowest BCUT2D eigenvalue weighted by molar-refractivity contribution is 0.304. The van der Waals surface area contributed by atoms with Crippen LogP contribution in [0.2, 0.25) is 0 Å². The highest BCUT2D eigenvalue weighted by atomic mass is 32.2. The lowest BCUT2D eigenvalue weighted by atomic mass is 9.98. The number of rotatable bonds is 31. The van der Waals surface area contributed by atoms with E-state index in [1.807, 2.05) is 64.1 Å². The largest absolute Gasteiger partial charge is 0.348 e. The third kappa shape index (κ3) is 28.0. The smallest absolute Gasteiger partial charge is 0.302 e. The Morgan fingerprint density at radius 3 is 1.17 bits per heavy atom. The number of hydrogen-bond donors (Lipinski definition) is 6. The van der Waals surface area contributed by atoms with Gasteiger partial charge in [0.25, 0.3) is 27.8 Å². The third-order valence-electron chi connectivity index (χ3n) is 23.5. The van der Waals surface area contributed by atoms with Crippen molar-refractivity contribution in [3.05, 3.63) is 346 Å². The molecule has 0 radical (unpaired) electrons. The average Bonchev–Trinajstić information content (AvgIpc) is 1.09. The number of aromatic nitrogens is 6. The Morgan fingerprint density at radius 1 is 0.420 bits per heavy atom. The maximum Gasteiger partial charge on any atom is 0.302 e. The van der Waals surface area contributed by atoms with Gasteiger partial charge >= 0.3 is 40.8 Å². The second-order valence-corrected chi connectivity index (χ2v) is 45.1. The number of nitrogens with zero attached hydrogens (tertiary/aromatic N) is 9. The summed E-state index contributed by atoms with van der Waals surface area (Å²) >= 11 is 0. The number of H-pyrrole nitrogens is 1. The Kier molecular flexibility index (Phi) is 36.4. The van der Waals surface area contributed by atoms with Crippen molar-refractivity contribution in [3.63, 3.8) is 0 Å². The molecular weight excluding hydrogens is 1880 g/mol. The van der Waals surface area contributed by atoms with Crippen molar-refractivity contribution in [2.45, 2.75) is 190 Å². The number of pyridine rings is 5. The Bertz CT molecular complexity index is 7270. The van der Waals surface area contributed by atoms with E-state index >= 15 is 8.78 Å². The van der Waals surface area contributed by atoms with E-state index in [2.05, 4.69) is 35.2 Å². The van der Waals surface area contributed by atoms with Gasteiger partial charge in [-0.05, 0) is 218 Å². The Morgan fingerprint density at radius 2 is 0.790 bits per heavy atom. The van der Waals surface area contributed by atoms with Gasteiger partial charge in [0.05, 0.1) is 39.7 Å². The second kappa shape index (κ2) is 45.8. The first-order valence-electron chi connectivity index (χ1n) is 44.4. The summed E-state index contributed by atoms with van der Waals surface area (Å²) in [5.74, 6) is -2.72. The molecule has 0 bridgehead atoms. The molecule has 1 atom stereocenters. The minimum atomic E-state index is -3.91. The van der Waals surface area contributed by atoms with Crippen molar-refractivity contribution >= 4 is 79.3 Å². The molecule has 2 aliphatic rings. The van der Waals surface area contributed by atoms with Crippen molar-refractivity contribution in [2.75, 3.05) is 65.9 Å². The van der Waals surface area contributed by atoms with Gasteiger partial charge in [0, 0.05) is 173 Å². The Hall–Kier alpha value is -11.9. The van der Waals surface area contributed by atoms with Gasteiger partial charge in [-0.3, -0.25) is 52.2 Å². The normalized spacial score (nSPS) is 13.3. The highest BCUT2D eigenvalue weighted by Crippen LogP contribution is 2.36. The first kappa shape index (κ1) is 110. The molecule has 0 amide bonds. The van der Waals surface area contributed by atoms with E-state index in [0.29, 0.717) is 63.3 Å². The van der Waals surface area contributed by atoms with Crippen LogP contribution in [0.25, 0.3) is 5.82 Å². The quantitative estimate of drug-likeness (QED) is 0.0174. The van der Waals surface area contributed by atoms with E-state index in [4.69, 9.17) is 0 Å². The van der Waals surface area contributed by atoms with Gasteiger partial charge in [0.1, 0.15) is 23.3 Å². The van der Waals surface area contributed by atoms with E-state index in [9.17, 15) is 79.2 Å². The molecule has 6 aromatic heterocycles. The summed E-state index contributed by atoms with van der Waals surface area (Å²) in [5, 5.41) is -0.408. The molecule has 746 valence electrons. The summed E-state index contributed by atoms with van der Waals surface area (Å²) in [5.41, 5.74) is 9.56. The number of allylic oxidation sites excluding steroid dienone is 1. The highest BCUT2D eigenvalue weighted by molar-refractivity contribution is 7.93. The van der Waals surface area contributed by atoms with E-state index in [1.165, 1.54) is 133 Å². The van der Waals surface area contributed by atoms with Crippen molar-refractivity contribution in [3.8, 4) is 5.82 Å². The predicted molar refractivity (Wildman–Crippen MR) is 536 cm³/mol. The van der Waals surface area contributed by atoms with Crippen LogP contribution < -0.4 is 51.4 Å². The number of benzene rings is 5. The standard InChI is InChI=1S/C21H28FN3O3S.C21H25FN2O3S.C20H23FN4O3S.C20H28FN3O3S.C16H20FN3O3S/c1-14-9-10-16(15(2)11-14)12-18-19(23-29(27,28)24(3)4)13-25(21(26)20(18)22)17-7-5-6-8-17;1-5-14(3)24-12-20(23-28(26,27)17-8-9-17)18(15(4)21(24)25)11-16-7-6-13(2)10-19(16)22;1-13-7-8-15(14(2)10-13)11-16-17(23-29(27,28)24(3)4)12-25(20(26)19(16)21)18-6-5-9-22-18;1-13(2)24(14(3)4)28(26,27)22-19-12-23(6)20(25)11-17(19)10-16-8-7-15(5)9-18(16)21;1-11-5-6-12(14(17)7-11)8-13-9-16(21)20(4)10-15(13)18-24(22,23)19(2)3/h9-11,13,17,23H,5-8,12H2,1-4H3;5-7,10,12,14,17,23H,1,8-9,11H2,2-4H3;5-10,12,22-23H,11H2,1-4H3;7-9,11-14,22H,10H2,1-6H3;5-7,9-10,18H,8H2,1-4H3. The molecule has 6 N–H and O–H groups in total. The van der Waals surface area contributed by atoms with Crippen molar-refractivity contribution < 1.29 is 64.0 Å². The number of aromatic amines is 1. The SMILES string of the molecule is C=CC(C)n1cc(NS(=O)(=O)C2CC2)c(Cc2ccc(C)cc2F)c(C)c1=O.Cc1ccc(Cc2c(NS(=O)(=O)N(C)C)cn(-c3ccc[nH]3)c(=O)c2F)c(C)c1.Cc1ccc(Cc2c(NS(=O)(=O)N(C)C)cn(C3CCCC3)c(=O)c2F)c(C)c1.Cc1ccc(Cc2cc(=O)n(C)cc2NS(=O)(=O)N(C(C)C)C(C)C)c(F)c1.Cc1ccc(Cc2cc(=O)n(C)cc2NS(=O)(=O)N(C)C)c(F)c1. The maximum absolute atomic E-state index is 15.3. The van der Waals surface area contributed by atoms with Crippen LogP contribution in [0.1, 0.15) is 185 Å². The van der Waals surface area contributed by atoms with Crippen LogP contribution in [0.15, 0.2) is 189 Å². The Balaban J connectivity index is 0.000000193. The number of aryl methyl sites for hydroxylation is 9. The number of anilines is 5. The minimum Gasteiger partial charge on any atom is -0.348 e. The van der Waals surface area contributed by atoms with E-state index in [0.717, 1.165) is 93.2 Å². The van der Waals surface area contributed by atoms with Gasteiger partial charge in [-0.25, -0.2) is 30.4 Å². The number of halogens is 5. The van der Waals surface area contributed by atoms with Crippen LogP contribution >= 0.6 is 0 Å². The number of nitrogens with one attached hydrogen (secondary N) is 6. The van der Waals surface area contributed by atoms with Crippen LogP contribution in [-0.2, 0) is 97.1 Å². The molecule has 2 fully saturated rings. The fourth-order valence-corrected chi connectivity index (χ4v) is 20.3. The van der Waals surface area contributed by atoms with Crippen molar-refractivity contribution in [1.82, 2.24) is 45.0 Å². The van der Waals surface area contributed by atoms with Crippen LogP contribution in [0.4, 0.5) is 50.4 Å². The molecule has 0 aliphatic heterocycles. The molecular formula is C98H124F5N15O15S5. The molecule has 5 aromatic carbocycles. The van der Waals surface area contributed by atoms with Gasteiger partial charge in [-0.15, -0.1) is 6.58 Å². The monoisotopic (exact) mass is 2010 g/mol. The zero-order chi connectivity index (χ0) is 103. The molecule has 13 rings (SSSR count). The maximum atomic E-state index is 15.3. The van der Waals surface area contributed by atoms with E-state index in [-0.39, 0.29) is 118 Å². The fraction of sp³-hybridized carbons (Fsp3) is 0.378. The summed E-state index contributed by atoms with van der Waals surface area (Å²) in [6.45, 7) is 27.4. The number of sulfonamides is 1. The molecule has 11 aromatic rings. The van der Waals surface area contributed by atoms with Gasteiger partial charge in [-0.2, -0.15) is 50.9 Å². The summed E-state index contributed by atoms with van der Waals surface area (Å²) in [7, 11) is -7.52.